The Kier molecular flexibility index (Phi) is 2.65. The zero-order valence-corrected chi connectivity index (χ0v) is 9.93. The van der Waals surface area contributed by atoms with E-state index in [1.54, 1.807) is 0 Å². The number of benzene rings is 1. The molecule has 0 aliphatic carbocycles. The molecule has 1 aliphatic heterocycles. The fourth-order valence-corrected chi connectivity index (χ4v) is 2.24. The van der Waals surface area contributed by atoms with Crippen molar-refractivity contribution in [2.24, 2.45) is 0 Å². The summed E-state index contributed by atoms with van der Waals surface area (Å²) in [4.78, 5) is 11.4. The van der Waals surface area contributed by atoms with Gasteiger partial charge in [-0.05, 0) is 19.1 Å². The van der Waals surface area contributed by atoms with E-state index in [2.05, 4.69) is 27.1 Å². The summed E-state index contributed by atoms with van der Waals surface area (Å²) in [5.74, 6) is 0.983. The maximum Gasteiger partial charge on any atom is 0.147 e. The lowest BCUT2D eigenvalue weighted by molar-refractivity contribution is 0.482. The second-order valence-corrected chi connectivity index (χ2v) is 4.52. The van der Waals surface area contributed by atoms with Crippen LogP contribution in [0.25, 0.3) is 11.0 Å². The van der Waals surface area contributed by atoms with Crippen molar-refractivity contribution in [3.8, 4) is 0 Å². The summed E-state index contributed by atoms with van der Waals surface area (Å²) in [7, 11) is 0. The molecular weight excluding hydrogens is 212 g/mol. The van der Waals surface area contributed by atoms with E-state index in [4.69, 9.17) is 0 Å². The first-order valence-corrected chi connectivity index (χ1v) is 6.03. The Balaban J connectivity index is 1.94. The van der Waals surface area contributed by atoms with Gasteiger partial charge < -0.3 is 10.2 Å². The summed E-state index contributed by atoms with van der Waals surface area (Å²) in [5.41, 5.74) is 1.93. The highest BCUT2D eigenvalue weighted by atomic mass is 15.2. The lowest BCUT2D eigenvalue weighted by Gasteiger charge is -2.32. The van der Waals surface area contributed by atoms with Crippen LogP contribution in [-0.4, -0.2) is 35.6 Å². The van der Waals surface area contributed by atoms with Crippen LogP contribution in [0.2, 0.25) is 0 Å². The molecule has 1 N–H and O–H groups in total. The number of anilines is 1. The van der Waals surface area contributed by atoms with E-state index in [-0.39, 0.29) is 0 Å². The van der Waals surface area contributed by atoms with Gasteiger partial charge in [-0.1, -0.05) is 12.1 Å². The number of hydrogen-bond acceptors (Lipinski definition) is 4. The van der Waals surface area contributed by atoms with Crippen molar-refractivity contribution in [2.75, 3.05) is 24.5 Å². The predicted octanol–water partition coefficient (Wildman–Crippen LogP) is 1.43. The summed E-state index contributed by atoms with van der Waals surface area (Å²) in [6.45, 7) is 5.20. The first-order valence-electron chi connectivity index (χ1n) is 6.03. The van der Waals surface area contributed by atoms with E-state index in [0.717, 1.165) is 36.5 Å². The fraction of sp³-hybridized carbons (Fsp3) is 0.385. The molecule has 1 aromatic heterocycles. The molecule has 0 unspecified atom stereocenters. The molecule has 1 fully saturated rings. The van der Waals surface area contributed by atoms with Gasteiger partial charge in [0.2, 0.25) is 0 Å². The lowest BCUT2D eigenvalue weighted by atomic mass is 10.2. The van der Waals surface area contributed by atoms with Gasteiger partial charge in [-0.25, -0.2) is 4.98 Å². The molecule has 0 radical (unpaired) electrons. The molecule has 2 aromatic rings. The predicted molar refractivity (Wildman–Crippen MR) is 69.2 cm³/mol. The largest absolute Gasteiger partial charge is 0.352 e. The molecule has 0 spiro atoms. The van der Waals surface area contributed by atoms with Crippen molar-refractivity contribution in [3.63, 3.8) is 0 Å². The summed E-state index contributed by atoms with van der Waals surface area (Å²) < 4.78 is 0. The van der Waals surface area contributed by atoms with Gasteiger partial charge in [0, 0.05) is 25.7 Å². The maximum absolute atomic E-state index is 4.67. The third-order valence-electron chi connectivity index (χ3n) is 3.13. The molecule has 4 nitrogen and oxygen atoms in total. The number of nitrogens with one attached hydrogen (secondary N) is 1. The van der Waals surface area contributed by atoms with E-state index in [9.17, 15) is 0 Å². The van der Waals surface area contributed by atoms with Gasteiger partial charge in [0.15, 0.2) is 0 Å². The van der Waals surface area contributed by atoms with Crippen LogP contribution in [0.4, 0.5) is 5.82 Å². The molecular formula is C13H16N4. The second-order valence-electron chi connectivity index (χ2n) is 4.52. The normalized spacial score (nSPS) is 20.8. The Labute approximate surface area is 101 Å². The van der Waals surface area contributed by atoms with Gasteiger partial charge in [-0.2, -0.15) is 0 Å². The minimum absolute atomic E-state index is 0.511. The number of rotatable bonds is 1. The van der Waals surface area contributed by atoms with E-state index < -0.39 is 0 Å². The number of hydrogen-bond donors (Lipinski definition) is 1. The zero-order valence-electron chi connectivity index (χ0n) is 9.93. The van der Waals surface area contributed by atoms with Gasteiger partial charge in [0.25, 0.3) is 0 Å². The summed E-state index contributed by atoms with van der Waals surface area (Å²) in [5, 5.41) is 3.43. The minimum Gasteiger partial charge on any atom is -0.352 e. The molecule has 1 saturated heterocycles. The van der Waals surface area contributed by atoms with Gasteiger partial charge >= 0.3 is 0 Å². The lowest BCUT2D eigenvalue weighted by Crippen LogP contribution is -2.49. The van der Waals surface area contributed by atoms with Crippen LogP contribution in [0, 0.1) is 0 Å². The van der Waals surface area contributed by atoms with Crippen LogP contribution in [0.15, 0.2) is 30.5 Å². The molecule has 0 bridgehead atoms. The number of para-hydroxylation sites is 2. The van der Waals surface area contributed by atoms with Crippen LogP contribution in [-0.2, 0) is 0 Å². The second kappa shape index (κ2) is 4.30. The molecule has 1 atom stereocenters. The molecule has 3 rings (SSSR count). The highest BCUT2D eigenvalue weighted by Crippen LogP contribution is 2.16. The Bertz CT molecular complexity index is 526. The van der Waals surface area contributed by atoms with Gasteiger partial charge in [-0.3, -0.25) is 4.98 Å². The van der Waals surface area contributed by atoms with E-state index in [1.807, 2.05) is 30.5 Å². The van der Waals surface area contributed by atoms with Crippen LogP contribution < -0.4 is 10.2 Å². The summed E-state index contributed by atoms with van der Waals surface area (Å²) in [6.07, 6.45) is 1.88. The van der Waals surface area contributed by atoms with Crippen molar-refractivity contribution in [3.05, 3.63) is 30.5 Å². The summed E-state index contributed by atoms with van der Waals surface area (Å²) in [6, 6.07) is 8.51. The van der Waals surface area contributed by atoms with E-state index in [1.165, 1.54) is 0 Å². The first kappa shape index (κ1) is 10.5. The molecule has 4 heteroatoms. The molecule has 1 aliphatic rings. The van der Waals surface area contributed by atoms with Crippen molar-refractivity contribution >= 4 is 16.9 Å². The van der Waals surface area contributed by atoms with E-state index in [0.29, 0.717) is 6.04 Å². The van der Waals surface area contributed by atoms with Gasteiger partial charge in [-0.15, -0.1) is 0 Å². The van der Waals surface area contributed by atoms with Crippen molar-refractivity contribution in [1.82, 2.24) is 15.3 Å². The number of aromatic nitrogens is 2. The third-order valence-corrected chi connectivity index (χ3v) is 3.13. The Hall–Kier alpha value is -1.68. The Morgan fingerprint density at radius 1 is 1.29 bits per heavy atom. The summed E-state index contributed by atoms with van der Waals surface area (Å²) >= 11 is 0. The molecule has 0 saturated carbocycles. The van der Waals surface area contributed by atoms with Gasteiger partial charge in [0.1, 0.15) is 5.82 Å². The smallest absolute Gasteiger partial charge is 0.147 e. The van der Waals surface area contributed by atoms with Crippen molar-refractivity contribution in [1.29, 1.82) is 0 Å². The number of fused-ring (bicyclic) bond motifs is 1. The van der Waals surface area contributed by atoms with E-state index >= 15 is 0 Å². The van der Waals surface area contributed by atoms with Crippen LogP contribution >= 0.6 is 0 Å². The molecule has 2 heterocycles. The monoisotopic (exact) mass is 228 g/mol. The average molecular weight is 228 g/mol. The van der Waals surface area contributed by atoms with Crippen LogP contribution in [0.5, 0.6) is 0 Å². The topological polar surface area (TPSA) is 41.1 Å². The fourth-order valence-electron chi connectivity index (χ4n) is 2.24. The van der Waals surface area contributed by atoms with Crippen LogP contribution in [0.1, 0.15) is 6.92 Å². The van der Waals surface area contributed by atoms with Gasteiger partial charge in [0.05, 0.1) is 17.2 Å². The number of nitrogens with zero attached hydrogens (tertiary/aromatic N) is 3. The Morgan fingerprint density at radius 2 is 2.12 bits per heavy atom. The highest BCUT2D eigenvalue weighted by molar-refractivity contribution is 5.75. The highest BCUT2D eigenvalue weighted by Gasteiger charge is 2.17. The molecule has 88 valence electrons. The first-order chi connectivity index (χ1) is 8.33. The van der Waals surface area contributed by atoms with Crippen molar-refractivity contribution < 1.29 is 0 Å². The third kappa shape index (κ3) is 2.08. The van der Waals surface area contributed by atoms with Crippen molar-refractivity contribution in [2.45, 2.75) is 13.0 Å². The van der Waals surface area contributed by atoms with Crippen LogP contribution in [0.3, 0.4) is 0 Å². The average Bonchev–Trinajstić information content (AvgIpc) is 2.38. The molecule has 17 heavy (non-hydrogen) atoms. The standard InChI is InChI=1S/C13H16N4/c1-10-9-17(7-6-14-10)13-8-15-11-4-2-3-5-12(11)16-13/h2-5,8,10,14H,6-7,9H2,1H3/t10-/m0/s1. The zero-order chi connectivity index (χ0) is 11.7. The maximum atomic E-state index is 4.67. The molecule has 0 amide bonds. The Morgan fingerprint density at radius 3 is 2.94 bits per heavy atom. The quantitative estimate of drug-likeness (QED) is 0.801. The minimum atomic E-state index is 0.511. The SMILES string of the molecule is C[C@H]1CN(c2cnc3ccccc3n2)CCN1. The number of piperazine rings is 1. The molecule has 1 aromatic carbocycles.